The Morgan fingerprint density at radius 3 is 2.54 bits per heavy atom. The zero-order valence-corrected chi connectivity index (χ0v) is 16.2. The molecule has 1 fully saturated rings. The first-order valence-corrected chi connectivity index (χ1v) is 9.20. The van der Waals surface area contributed by atoms with Crippen LogP contribution >= 0.6 is 0 Å². The summed E-state index contributed by atoms with van der Waals surface area (Å²) >= 11 is 0. The van der Waals surface area contributed by atoms with Gasteiger partial charge in [0, 0.05) is 13.1 Å². The highest BCUT2D eigenvalue weighted by Crippen LogP contribution is 2.24. The van der Waals surface area contributed by atoms with Crippen LogP contribution in [0.3, 0.4) is 0 Å². The molecule has 0 radical (unpaired) electrons. The van der Waals surface area contributed by atoms with Crippen LogP contribution in [0.25, 0.3) is 0 Å². The van der Waals surface area contributed by atoms with Crippen molar-refractivity contribution >= 4 is 23.4 Å². The number of carbonyl (C=O) groups is 3. The van der Waals surface area contributed by atoms with Crippen LogP contribution in [0.1, 0.15) is 20.3 Å². The lowest BCUT2D eigenvalue weighted by Gasteiger charge is -2.27. The van der Waals surface area contributed by atoms with Gasteiger partial charge in [-0.2, -0.15) is 0 Å². The van der Waals surface area contributed by atoms with E-state index in [0.29, 0.717) is 32.7 Å². The topological polar surface area (TPSA) is 117 Å². The van der Waals surface area contributed by atoms with E-state index in [-0.39, 0.29) is 30.6 Å². The number of morpholine rings is 1. The molecule has 1 atom stereocenters. The molecule has 1 heterocycles. The van der Waals surface area contributed by atoms with E-state index < -0.39 is 17.4 Å². The zero-order valence-electron chi connectivity index (χ0n) is 16.2. The zero-order chi connectivity index (χ0) is 20.6. The molecule has 1 aliphatic heterocycles. The third-order valence-corrected chi connectivity index (χ3v) is 4.60. The van der Waals surface area contributed by atoms with Gasteiger partial charge in [-0.25, -0.2) is 0 Å². The molecule has 9 heteroatoms. The second kappa shape index (κ2) is 10.0. The SMILES string of the molecule is CCC(C)(CO)NC(=O)C(=O)Nc1ccccc1OCC(=O)N1CCOCC1. The Labute approximate surface area is 164 Å². The summed E-state index contributed by atoms with van der Waals surface area (Å²) in [5, 5.41) is 14.4. The minimum atomic E-state index is -0.885. The molecular weight excluding hydrogens is 366 g/mol. The molecule has 1 aromatic rings. The van der Waals surface area contributed by atoms with Crippen molar-refractivity contribution in [3.63, 3.8) is 0 Å². The maximum absolute atomic E-state index is 12.2. The van der Waals surface area contributed by atoms with Crippen LogP contribution < -0.4 is 15.4 Å². The number of nitrogens with one attached hydrogen (secondary N) is 2. The molecule has 0 spiro atoms. The molecule has 154 valence electrons. The molecular formula is C19H27N3O6. The van der Waals surface area contributed by atoms with E-state index in [1.807, 2.05) is 0 Å². The molecule has 3 amide bonds. The molecule has 1 unspecified atom stereocenters. The molecule has 0 aromatic heterocycles. The summed E-state index contributed by atoms with van der Waals surface area (Å²) in [5.41, 5.74) is -0.603. The molecule has 1 aromatic carbocycles. The molecule has 0 aliphatic carbocycles. The Morgan fingerprint density at radius 2 is 1.89 bits per heavy atom. The number of hydrogen-bond donors (Lipinski definition) is 3. The van der Waals surface area contributed by atoms with Gasteiger partial charge in [0.1, 0.15) is 5.75 Å². The van der Waals surface area contributed by atoms with E-state index in [9.17, 15) is 19.5 Å². The molecule has 1 aliphatic rings. The average Bonchev–Trinajstić information content (AvgIpc) is 2.73. The molecule has 28 heavy (non-hydrogen) atoms. The number of hydrogen-bond acceptors (Lipinski definition) is 6. The number of nitrogens with zero attached hydrogens (tertiary/aromatic N) is 1. The summed E-state index contributed by atoms with van der Waals surface area (Å²) in [6.07, 6.45) is 0.464. The van der Waals surface area contributed by atoms with Gasteiger partial charge in [0.15, 0.2) is 6.61 Å². The average molecular weight is 393 g/mol. The molecule has 3 N–H and O–H groups in total. The Morgan fingerprint density at radius 1 is 1.21 bits per heavy atom. The number of aliphatic hydroxyl groups is 1. The first-order chi connectivity index (χ1) is 13.4. The van der Waals surface area contributed by atoms with Gasteiger partial charge in [-0.3, -0.25) is 14.4 Å². The lowest BCUT2D eigenvalue weighted by Crippen LogP contribution is -2.51. The van der Waals surface area contributed by atoms with E-state index >= 15 is 0 Å². The monoisotopic (exact) mass is 393 g/mol. The van der Waals surface area contributed by atoms with Crippen LogP contribution in [0, 0.1) is 0 Å². The van der Waals surface area contributed by atoms with Crippen LogP contribution in [0.15, 0.2) is 24.3 Å². The van der Waals surface area contributed by atoms with Crippen molar-refractivity contribution in [1.82, 2.24) is 10.2 Å². The fraction of sp³-hybridized carbons (Fsp3) is 0.526. The van der Waals surface area contributed by atoms with Gasteiger partial charge in [-0.1, -0.05) is 19.1 Å². The predicted octanol–water partition coefficient (Wildman–Crippen LogP) is 0.140. The van der Waals surface area contributed by atoms with Crippen molar-refractivity contribution in [1.29, 1.82) is 0 Å². The highest BCUT2D eigenvalue weighted by atomic mass is 16.5. The summed E-state index contributed by atoms with van der Waals surface area (Å²) in [7, 11) is 0. The first-order valence-electron chi connectivity index (χ1n) is 9.20. The fourth-order valence-corrected chi connectivity index (χ4v) is 2.49. The third-order valence-electron chi connectivity index (χ3n) is 4.60. The number of ether oxygens (including phenoxy) is 2. The van der Waals surface area contributed by atoms with Crippen molar-refractivity contribution in [3.05, 3.63) is 24.3 Å². The molecule has 0 saturated carbocycles. The minimum absolute atomic E-state index is 0.177. The Balaban J connectivity index is 1.96. The molecule has 1 saturated heterocycles. The van der Waals surface area contributed by atoms with E-state index in [1.54, 1.807) is 43.0 Å². The number of benzene rings is 1. The van der Waals surface area contributed by atoms with Crippen molar-refractivity contribution in [3.8, 4) is 5.75 Å². The van der Waals surface area contributed by atoms with Gasteiger partial charge in [-0.05, 0) is 25.5 Å². The van der Waals surface area contributed by atoms with E-state index in [2.05, 4.69) is 10.6 Å². The Bertz CT molecular complexity index is 699. The number of carbonyl (C=O) groups excluding carboxylic acids is 3. The number of amides is 3. The highest BCUT2D eigenvalue weighted by Gasteiger charge is 2.27. The Hall–Kier alpha value is -2.65. The van der Waals surface area contributed by atoms with Crippen LogP contribution in [0.5, 0.6) is 5.75 Å². The van der Waals surface area contributed by atoms with Gasteiger partial charge in [0.2, 0.25) is 0 Å². The smallest absolute Gasteiger partial charge is 0.313 e. The van der Waals surface area contributed by atoms with Crippen LogP contribution in [-0.2, 0) is 19.1 Å². The van der Waals surface area contributed by atoms with E-state index in [4.69, 9.17) is 9.47 Å². The summed E-state index contributed by atoms with van der Waals surface area (Å²) in [4.78, 5) is 38.2. The lowest BCUT2D eigenvalue weighted by atomic mass is 10.0. The van der Waals surface area contributed by atoms with Gasteiger partial charge in [0.05, 0.1) is 31.0 Å². The lowest BCUT2D eigenvalue weighted by molar-refractivity contribution is -0.137. The van der Waals surface area contributed by atoms with Crippen molar-refractivity contribution in [2.75, 3.05) is 44.8 Å². The largest absolute Gasteiger partial charge is 0.482 e. The number of anilines is 1. The van der Waals surface area contributed by atoms with Gasteiger partial charge >= 0.3 is 11.8 Å². The fourth-order valence-electron chi connectivity index (χ4n) is 2.49. The van der Waals surface area contributed by atoms with Gasteiger partial charge in [0.25, 0.3) is 5.91 Å². The molecule has 0 bridgehead atoms. The minimum Gasteiger partial charge on any atom is -0.482 e. The summed E-state index contributed by atoms with van der Waals surface area (Å²) in [6, 6.07) is 6.55. The van der Waals surface area contributed by atoms with Crippen molar-refractivity contribution in [2.24, 2.45) is 0 Å². The second-order valence-electron chi connectivity index (χ2n) is 6.76. The van der Waals surface area contributed by atoms with E-state index in [0.717, 1.165) is 0 Å². The molecule has 9 nitrogen and oxygen atoms in total. The second-order valence-corrected chi connectivity index (χ2v) is 6.76. The number of rotatable bonds is 7. The first kappa shape index (κ1) is 21.6. The van der Waals surface area contributed by atoms with Gasteiger partial charge in [-0.15, -0.1) is 0 Å². The van der Waals surface area contributed by atoms with Crippen molar-refractivity contribution in [2.45, 2.75) is 25.8 Å². The summed E-state index contributed by atoms with van der Waals surface area (Å²) in [6.45, 7) is 5.00. The predicted molar refractivity (Wildman–Crippen MR) is 102 cm³/mol. The van der Waals surface area contributed by atoms with Crippen LogP contribution in [0.2, 0.25) is 0 Å². The number of aliphatic hydroxyl groups excluding tert-OH is 1. The number of para-hydroxylation sites is 2. The standard InChI is InChI=1S/C19H27N3O6/c1-3-19(2,13-23)21-18(26)17(25)20-14-6-4-5-7-15(14)28-12-16(24)22-8-10-27-11-9-22/h4-7,23H,3,8-13H2,1-2H3,(H,20,25)(H,21,26). The maximum atomic E-state index is 12.2. The third kappa shape index (κ3) is 5.93. The normalized spacial score (nSPS) is 16.0. The summed E-state index contributed by atoms with van der Waals surface area (Å²) in [5.74, 6) is -1.64. The molecule has 2 rings (SSSR count). The highest BCUT2D eigenvalue weighted by molar-refractivity contribution is 6.40. The Kier molecular flexibility index (Phi) is 7.77. The van der Waals surface area contributed by atoms with E-state index in [1.165, 1.54) is 0 Å². The van der Waals surface area contributed by atoms with Crippen LogP contribution in [-0.4, -0.2) is 72.8 Å². The van der Waals surface area contributed by atoms with Crippen molar-refractivity contribution < 1.29 is 29.0 Å². The van der Waals surface area contributed by atoms with Crippen LogP contribution in [0.4, 0.5) is 5.69 Å². The maximum Gasteiger partial charge on any atom is 0.313 e. The van der Waals surface area contributed by atoms with Gasteiger partial charge < -0.3 is 30.1 Å². The summed E-state index contributed by atoms with van der Waals surface area (Å²) < 4.78 is 10.8. The quantitative estimate of drug-likeness (QED) is 0.568.